The highest BCUT2D eigenvalue weighted by atomic mass is 31.2. The molecule has 8 rings (SSSR count). The Balaban J connectivity index is 0.000000211. The van der Waals surface area contributed by atoms with E-state index < -0.39 is 30.1 Å². The summed E-state index contributed by atoms with van der Waals surface area (Å²) in [7, 11) is -7.10. The van der Waals surface area contributed by atoms with Crippen LogP contribution in [-0.4, -0.2) is 32.8 Å². The van der Waals surface area contributed by atoms with Crippen molar-refractivity contribution < 1.29 is 30.2 Å². The monoisotopic (exact) mass is 868 g/mol. The van der Waals surface area contributed by atoms with E-state index in [0.29, 0.717) is 0 Å². The van der Waals surface area contributed by atoms with Crippen LogP contribution in [0.5, 0.6) is 0 Å². The summed E-state index contributed by atoms with van der Waals surface area (Å²) < 4.78 is 29.2. The van der Waals surface area contributed by atoms with Gasteiger partial charge in [0.1, 0.15) is 0 Å². The SMILES string of the molecule is O=P(CP(=O)(c1ccccc1)c1ccccc1)(c1ccccc1)c1ccccc1.OO.OO.c1ccc(P(CP(c2ccccc2)c2ccccc2)c2ccccc2)cc1. The first-order valence-electron chi connectivity index (χ1n) is 19.1. The van der Waals surface area contributed by atoms with E-state index in [0.717, 1.165) is 21.2 Å². The van der Waals surface area contributed by atoms with Gasteiger partial charge in [0.15, 0.2) is 14.3 Å². The molecule has 0 radical (unpaired) electrons. The Bertz CT molecular complexity index is 2130. The van der Waals surface area contributed by atoms with Gasteiger partial charge in [-0.2, -0.15) is 0 Å². The fourth-order valence-electron chi connectivity index (χ4n) is 6.78. The molecule has 6 nitrogen and oxygen atoms in total. The summed E-state index contributed by atoms with van der Waals surface area (Å²) in [4.78, 5) is 0. The maximum absolute atomic E-state index is 14.6. The molecule has 0 unspecified atom stereocenters. The first-order valence-corrected chi connectivity index (χ1v) is 25.9. The Hall–Kier alpha value is -5.08. The molecule has 0 aliphatic heterocycles. The molecule has 0 bridgehead atoms. The molecule has 60 heavy (non-hydrogen) atoms. The summed E-state index contributed by atoms with van der Waals surface area (Å²) in [6.45, 7) is 0. The van der Waals surface area contributed by atoms with Crippen molar-refractivity contribution in [3.8, 4) is 0 Å². The largest absolute Gasteiger partial charge is 0.313 e. The van der Waals surface area contributed by atoms with Crippen molar-refractivity contribution in [3.05, 3.63) is 243 Å². The predicted molar refractivity (Wildman–Crippen MR) is 258 cm³/mol. The van der Waals surface area contributed by atoms with Crippen LogP contribution in [0.1, 0.15) is 0 Å². The number of rotatable bonds is 12. The van der Waals surface area contributed by atoms with Gasteiger partial charge in [-0.1, -0.05) is 243 Å². The van der Waals surface area contributed by atoms with Crippen LogP contribution in [0.2, 0.25) is 0 Å². The Morgan fingerprint density at radius 3 is 0.633 bits per heavy atom. The average Bonchev–Trinajstić information content (AvgIpc) is 3.35. The van der Waals surface area contributed by atoms with Crippen molar-refractivity contribution in [2.45, 2.75) is 0 Å². The molecule has 0 aromatic heterocycles. The van der Waals surface area contributed by atoms with Gasteiger partial charge in [0.25, 0.3) is 0 Å². The molecule has 0 heterocycles. The molecule has 0 aliphatic carbocycles. The lowest BCUT2D eigenvalue weighted by Crippen LogP contribution is -2.25. The first-order chi connectivity index (χ1) is 29.5. The molecule has 8 aromatic rings. The highest BCUT2D eigenvalue weighted by molar-refractivity contribution is 7.94. The Morgan fingerprint density at radius 1 is 0.283 bits per heavy atom. The van der Waals surface area contributed by atoms with Gasteiger partial charge in [-0.05, 0) is 37.1 Å². The predicted octanol–water partition coefficient (Wildman–Crippen LogP) is 10.2. The molecule has 304 valence electrons. The molecule has 0 spiro atoms. The van der Waals surface area contributed by atoms with Gasteiger partial charge in [0.2, 0.25) is 0 Å². The lowest BCUT2D eigenvalue weighted by Gasteiger charge is -2.26. The van der Waals surface area contributed by atoms with Gasteiger partial charge in [0.05, 0.1) is 5.90 Å². The lowest BCUT2D eigenvalue weighted by atomic mass is 10.4. The van der Waals surface area contributed by atoms with Crippen LogP contribution in [0.4, 0.5) is 0 Å². The Morgan fingerprint density at radius 2 is 0.450 bits per heavy atom. The smallest absolute Gasteiger partial charge is 0.150 e. The molecule has 0 fully saturated rings. The molecule has 8 aromatic carbocycles. The van der Waals surface area contributed by atoms with Gasteiger partial charge in [-0.25, -0.2) is 0 Å². The van der Waals surface area contributed by atoms with Crippen LogP contribution in [0.15, 0.2) is 243 Å². The van der Waals surface area contributed by atoms with E-state index in [1.54, 1.807) is 0 Å². The quantitative estimate of drug-likeness (QED) is 0.0552. The molecular weight excluding hydrogens is 820 g/mol. The number of hydrogen-bond donors (Lipinski definition) is 4. The van der Waals surface area contributed by atoms with Crippen LogP contribution in [0.3, 0.4) is 0 Å². The van der Waals surface area contributed by atoms with Crippen molar-refractivity contribution >= 4 is 72.6 Å². The van der Waals surface area contributed by atoms with Crippen molar-refractivity contribution in [3.63, 3.8) is 0 Å². The molecule has 0 saturated heterocycles. The molecule has 0 amide bonds. The Labute approximate surface area is 355 Å². The minimum Gasteiger partial charge on any atom is -0.313 e. The van der Waals surface area contributed by atoms with Crippen LogP contribution >= 0.6 is 30.1 Å². The molecule has 10 heteroatoms. The van der Waals surface area contributed by atoms with Gasteiger partial charge in [-0.3, -0.25) is 21.0 Å². The molecular formula is C50H48O6P4. The number of hydrogen-bond acceptors (Lipinski definition) is 6. The maximum atomic E-state index is 14.6. The molecule has 0 aliphatic rings. The topological polar surface area (TPSA) is 115 Å². The van der Waals surface area contributed by atoms with E-state index in [-0.39, 0.29) is 5.90 Å². The highest BCUT2D eigenvalue weighted by Crippen LogP contribution is 2.59. The van der Waals surface area contributed by atoms with Gasteiger partial charge in [0, 0.05) is 27.1 Å². The van der Waals surface area contributed by atoms with Crippen molar-refractivity contribution in [1.82, 2.24) is 0 Å². The fraction of sp³-hybridized carbons (Fsp3) is 0.0400. The minimum absolute atomic E-state index is 0.0854. The van der Waals surface area contributed by atoms with Crippen molar-refractivity contribution in [2.24, 2.45) is 0 Å². The zero-order chi connectivity index (χ0) is 42.5. The van der Waals surface area contributed by atoms with Crippen LogP contribution < -0.4 is 42.4 Å². The summed E-state index contributed by atoms with van der Waals surface area (Å²) in [6, 6.07) is 82.0. The average molecular weight is 869 g/mol. The second-order valence-electron chi connectivity index (χ2n) is 13.3. The van der Waals surface area contributed by atoms with E-state index >= 15 is 0 Å². The standard InChI is InChI=1S/C25H22O2P2.C25H22P2.2H2O2/c26-28(22-13-5-1-6-14-22,23-15-7-2-8-16-23)21-29(27,24-17-9-3-10-18-24)25-19-11-4-12-20-25;1-5-13-22(14-6-1)26(23-15-7-2-8-16-23)21-27(24-17-9-3-10-18-24)25-19-11-4-12-20-25;2*1-2/h1-20H,21H2;1-20H,21H2;2*1-2H. The third-order valence-corrected chi connectivity index (χ3v) is 23.3. The zero-order valence-electron chi connectivity index (χ0n) is 32.9. The molecule has 0 atom stereocenters. The summed E-state index contributed by atoms with van der Waals surface area (Å²) in [6.07, 6.45) is 0. The number of benzene rings is 8. The summed E-state index contributed by atoms with van der Waals surface area (Å²) in [5.74, 6) is 1.26. The third-order valence-electron chi connectivity index (χ3n) is 9.65. The summed E-state index contributed by atoms with van der Waals surface area (Å²) >= 11 is 0. The van der Waals surface area contributed by atoms with Gasteiger partial charge >= 0.3 is 0 Å². The van der Waals surface area contributed by atoms with Gasteiger partial charge < -0.3 is 9.13 Å². The molecule has 0 saturated carbocycles. The normalized spacial score (nSPS) is 10.9. The van der Waals surface area contributed by atoms with Crippen molar-refractivity contribution in [2.75, 3.05) is 11.8 Å². The first kappa shape index (κ1) is 46.0. The van der Waals surface area contributed by atoms with E-state index in [4.69, 9.17) is 21.0 Å². The minimum atomic E-state index is -3.14. The molecule has 4 N–H and O–H groups in total. The van der Waals surface area contributed by atoms with E-state index in [2.05, 4.69) is 121 Å². The van der Waals surface area contributed by atoms with Crippen molar-refractivity contribution in [1.29, 1.82) is 0 Å². The van der Waals surface area contributed by atoms with Crippen LogP contribution in [0, 0.1) is 0 Å². The van der Waals surface area contributed by atoms with Crippen LogP contribution in [0.25, 0.3) is 0 Å². The zero-order valence-corrected chi connectivity index (χ0v) is 36.5. The lowest BCUT2D eigenvalue weighted by molar-refractivity contribution is -0.176. The van der Waals surface area contributed by atoms with E-state index in [1.165, 1.54) is 27.1 Å². The fourth-order valence-corrected chi connectivity index (χ4v) is 21.3. The Kier molecular flexibility index (Phi) is 18.6. The van der Waals surface area contributed by atoms with Crippen LogP contribution in [-0.2, 0) is 9.13 Å². The second kappa shape index (κ2) is 24.2. The maximum Gasteiger partial charge on any atom is 0.150 e. The van der Waals surface area contributed by atoms with E-state index in [9.17, 15) is 9.13 Å². The van der Waals surface area contributed by atoms with Gasteiger partial charge in [-0.15, -0.1) is 0 Å². The second-order valence-corrected chi connectivity index (χ2v) is 24.4. The van der Waals surface area contributed by atoms with E-state index in [1.807, 2.05) is 121 Å². The third kappa shape index (κ3) is 12.0. The summed E-state index contributed by atoms with van der Waals surface area (Å²) in [5.41, 5.74) is 0. The highest BCUT2D eigenvalue weighted by Gasteiger charge is 2.39. The summed E-state index contributed by atoms with van der Waals surface area (Å²) in [5, 5.41) is 32.8.